The van der Waals surface area contributed by atoms with Crippen LogP contribution in [0.1, 0.15) is 19.4 Å². The van der Waals surface area contributed by atoms with E-state index in [0.717, 1.165) is 0 Å². The molecule has 0 saturated heterocycles. The minimum atomic E-state index is -0.525. The third-order valence-corrected chi connectivity index (χ3v) is 1.47. The average molecular weight is 193 g/mol. The van der Waals surface area contributed by atoms with Crippen molar-refractivity contribution in [2.75, 3.05) is 11.1 Å². The Morgan fingerprint density at radius 3 is 2.79 bits per heavy atom. The lowest BCUT2D eigenvalue weighted by Gasteiger charge is -2.09. The van der Waals surface area contributed by atoms with Gasteiger partial charge in [0.2, 0.25) is 5.95 Å². The Morgan fingerprint density at radius 1 is 1.64 bits per heavy atom. The van der Waals surface area contributed by atoms with Crippen molar-refractivity contribution >= 4 is 11.8 Å². The lowest BCUT2D eigenvalue weighted by molar-refractivity contribution is 0.884. The summed E-state index contributed by atoms with van der Waals surface area (Å²) in [6.45, 7) is 3.75. The van der Waals surface area contributed by atoms with Crippen molar-refractivity contribution in [2.24, 2.45) is 0 Å². The van der Waals surface area contributed by atoms with Gasteiger partial charge < -0.3 is 11.1 Å². The van der Waals surface area contributed by atoms with E-state index in [0.29, 0.717) is 0 Å². The fourth-order valence-electron chi connectivity index (χ4n) is 0.972. The topological polar surface area (TPSA) is 108 Å². The highest BCUT2D eigenvalue weighted by molar-refractivity contribution is 5.52. The molecule has 1 aromatic rings. The number of nitrogens with two attached hydrogens (primary N) is 1. The third kappa shape index (κ3) is 2.01. The summed E-state index contributed by atoms with van der Waals surface area (Å²) < 4.78 is 0. The van der Waals surface area contributed by atoms with Gasteiger partial charge in [-0.1, -0.05) is 0 Å². The van der Waals surface area contributed by atoms with Crippen LogP contribution in [-0.4, -0.2) is 16.0 Å². The number of rotatable bonds is 2. The molecule has 0 saturated carbocycles. The van der Waals surface area contributed by atoms with Crippen molar-refractivity contribution in [1.29, 1.82) is 5.26 Å². The molecule has 0 atom stereocenters. The average Bonchev–Trinajstić information content (AvgIpc) is 2.01. The second kappa shape index (κ2) is 3.79. The summed E-state index contributed by atoms with van der Waals surface area (Å²) in [5.74, 6) is 0.223. The quantitative estimate of drug-likeness (QED) is 0.614. The van der Waals surface area contributed by atoms with Gasteiger partial charge in [-0.3, -0.25) is 9.78 Å². The number of aromatic amines is 1. The van der Waals surface area contributed by atoms with E-state index in [1.165, 1.54) is 0 Å². The van der Waals surface area contributed by atoms with E-state index >= 15 is 0 Å². The minimum absolute atomic E-state index is 0.00264. The normalized spacial score (nSPS) is 9.86. The Hall–Kier alpha value is -2.03. The largest absolute Gasteiger partial charge is 0.369 e. The number of aromatic nitrogens is 2. The Kier molecular flexibility index (Phi) is 2.72. The Morgan fingerprint density at radius 2 is 2.29 bits per heavy atom. The van der Waals surface area contributed by atoms with Crippen LogP contribution < -0.4 is 16.6 Å². The van der Waals surface area contributed by atoms with Gasteiger partial charge >= 0.3 is 0 Å². The van der Waals surface area contributed by atoms with E-state index in [1.807, 2.05) is 13.8 Å². The van der Waals surface area contributed by atoms with Gasteiger partial charge in [0.25, 0.3) is 5.56 Å². The number of nitrogens with zero attached hydrogens (tertiary/aromatic N) is 2. The lowest BCUT2D eigenvalue weighted by Crippen LogP contribution is -2.21. The standard InChI is InChI=1S/C8H11N5O/c1-4(2)11-6-5(3-9)7(14)13-8(10)12-6/h4H,1-2H3,(H4,10,11,12,13,14). The predicted octanol–water partition coefficient (Wildman–Crippen LogP) is 0.0441. The zero-order chi connectivity index (χ0) is 10.7. The van der Waals surface area contributed by atoms with E-state index < -0.39 is 5.56 Å². The first-order valence-corrected chi connectivity index (χ1v) is 4.11. The highest BCUT2D eigenvalue weighted by Gasteiger charge is 2.10. The highest BCUT2D eigenvalue weighted by atomic mass is 16.1. The smallest absolute Gasteiger partial charge is 0.272 e. The first-order chi connectivity index (χ1) is 6.54. The molecule has 0 aliphatic heterocycles. The van der Waals surface area contributed by atoms with E-state index in [2.05, 4.69) is 15.3 Å². The van der Waals surface area contributed by atoms with Gasteiger partial charge in [-0.15, -0.1) is 0 Å². The van der Waals surface area contributed by atoms with Gasteiger partial charge in [0, 0.05) is 6.04 Å². The molecule has 1 aromatic heterocycles. The molecule has 4 N–H and O–H groups in total. The second-order valence-corrected chi connectivity index (χ2v) is 3.09. The van der Waals surface area contributed by atoms with Crippen LogP contribution in [0.25, 0.3) is 0 Å². The molecule has 0 unspecified atom stereocenters. The molecule has 14 heavy (non-hydrogen) atoms. The van der Waals surface area contributed by atoms with Crippen LogP contribution in [0, 0.1) is 11.3 Å². The molecule has 0 aromatic carbocycles. The molecule has 1 rings (SSSR count). The zero-order valence-corrected chi connectivity index (χ0v) is 7.96. The van der Waals surface area contributed by atoms with Crippen LogP contribution in [0.5, 0.6) is 0 Å². The Labute approximate surface area is 80.8 Å². The summed E-state index contributed by atoms with van der Waals surface area (Å²) >= 11 is 0. The summed E-state index contributed by atoms with van der Waals surface area (Å²) in [7, 11) is 0. The molecule has 0 aliphatic rings. The molecule has 0 aliphatic carbocycles. The van der Waals surface area contributed by atoms with Gasteiger partial charge in [0.1, 0.15) is 6.07 Å². The van der Waals surface area contributed by atoms with Gasteiger partial charge in [0.05, 0.1) is 0 Å². The molecule has 74 valence electrons. The number of hydrogen-bond acceptors (Lipinski definition) is 5. The van der Waals surface area contributed by atoms with Gasteiger partial charge in [-0.2, -0.15) is 10.2 Å². The molecule has 0 spiro atoms. The van der Waals surface area contributed by atoms with Crippen molar-refractivity contribution in [2.45, 2.75) is 19.9 Å². The SMILES string of the molecule is CC(C)Nc1nc(N)[nH]c(=O)c1C#N. The van der Waals surface area contributed by atoms with Crippen LogP contribution in [0.15, 0.2) is 4.79 Å². The molecule has 6 nitrogen and oxygen atoms in total. The van der Waals surface area contributed by atoms with Gasteiger partial charge in [0.15, 0.2) is 11.4 Å². The number of hydrogen-bond donors (Lipinski definition) is 3. The summed E-state index contributed by atoms with van der Waals surface area (Å²) in [6, 6.07) is 1.85. The molecule has 0 fully saturated rings. The highest BCUT2D eigenvalue weighted by Crippen LogP contribution is 2.08. The van der Waals surface area contributed by atoms with Crippen LogP contribution in [0.3, 0.4) is 0 Å². The summed E-state index contributed by atoms with van der Waals surface area (Å²) in [6.07, 6.45) is 0. The maximum Gasteiger partial charge on any atom is 0.272 e. The van der Waals surface area contributed by atoms with Crippen molar-refractivity contribution in [3.63, 3.8) is 0 Å². The third-order valence-electron chi connectivity index (χ3n) is 1.47. The number of nitrogen functional groups attached to an aromatic ring is 1. The van der Waals surface area contributed by atoms with Gasteiger partial charge in [-0.05, 0) is 13.8 Å². The van der Waals surface area contributed by atoms with E-state index in [4.69, 9.17) is 11.0 Å². The predicted molar refractivity (Wildman–Crippen MR) is 52.7 cm³/mol. The van der Waals surface area contributed by atoms with E-state index in [1.54, 1.807) is 6.07 Å². The number of H-pyrrole nitrogens is 1. The second-order valence-electron chi connectivity index (χ2n) is 3.09. The van der Waals surface area contributed by atoms with E-state index in [-0.39, 0.29) is 23.4 Å². The fraction of sp³-hybridized carbons (Fsp3) is 0.375. The maximum absolute atomic E-state index is 11.2. The molecule has 0 bridgehead atoms. The lowest BCUT2D eigenvalue weighted by atomic mass is 10.3. The van der Waals surface area contributed by atoms with Gasteiger partial charge in [-0.25, -0.2) is 0 Å². The molecule has 6 heteroatoms. The molecular weight excluding hydrogens is 182 g/mol. The summed E-state index contributed by atoms with van der Waals surface area (Å²) in [5, 5.41) is 11.6. The first-order valence-electron chi connectivity index (χ1n) is 4.11. The first kappa shape index (κ1) is 10.1. The van der Waals surface area contributed by atoms with Crippen molar-refractivity contribution in [3.05, 3.63) is 15.9 Å². The van der Waals surface area contributed by atoms with Crippen LogP contribution in [0.4, 0.5) is 11.8 Å². The Bertz CT molecular complexity index is 428. The van der Waals surface area contributed by atoms with Crippen LogP contribution in [-0.2, 0) is 0 Å². The molecule has 0 radical (unpaired) electrons. The number of anilines is 2. The fourth-order valence-corrected chi connectivity index (χ4v) is 0.972. The van der Waals surface area contributed by atoms with Crippen molar-refractivity contribution in [3.8, 4) is 6.07 Å². The van der Waals surface area contributed by atoms with Crippen molar-refractivity contribution in [1.82, 2.24) is 9.97 Å². The monoisotopic (exact) mass is 193 g/mol. The van der Waals surface area contributed by atoms with Crippen LogP contribution in [0.2, 0.25) is 0 Å². The Balaban J connectivity index is 3.27. The van der Waals surface area contributed by atoms with Crippen molar-refractivity contribution < 1.29 is 0 Å². The molecule has 1 heterocycles. The number of nitrogens with one attached hydrogen (secondary N) is 2. The zero-order valence-electron chi connectivity index (χ0n) is 7.96. The molecule has 0 amide bonds. The minimum Gasteiger partial charge on any atom is -0.369 e. The maximum atomic E-state index is 11.2. The van der Waals surface area contributed by atoms with Crippen LogP contribution >= 0.6 is 0 Å². The summed E-state index contributed by atoms with van der Waals surface area (Å²) in [4.78, 5) is 17.3. The van der Waals surface area contributed by atoms with E-state index in [9.17, 15) is 4.79 Å². The summed E-state index contributed by atoms with van der Waals surface area (Å²) in [5.41, 5.74) is 4.77. The number of nitriles is 1. The molecular formula is C8H11N5O.